The molecule has 0 amide bonds. The first kappa shape index (κ1) is 19.0. The average molecular weight is 401 g/mol. The minimum atomic E-state index is 0.720. The summed E-state index contributed by atoms with van der Waals surface area (Å²) < 4.78 is 5.30. The fourth-order valence-corrected chi connectivity index (χ4v) is 3.50. The van der Waals surface area contributed by atoms with Crippen LogP contribution in [-0.2, 0) is 0 Å². The Morgan fingerprint density at radius 1 is 0.931 bits per heavy atom. The Bertz CT molecular complexity index is 1160. The van der Waals surface area contributed by atoms with E-state index in [9.17, 15) is 0 Å². The predicted octanol–water partition coefficient (Wildman–Crippen LogP) is 6.88. The minimum Gasteiger partial charge on any atom is -0.497 e. The molecule has 0 saturated carbocycles. The summed E-state index contributed by atoms with van der Waals surface area (Å²) in [5, 5.41) is 0.720. The molecule has 4 rings (SSSR count). The Morgan fingerprint density at radius 2 is 1.76 bits per heavy atom. The van der Waals surface area contributed by atoms with Gasteiger partial charge in [-0.15, -0.1) is 0 Å². The van der Waals surface area contributed by atoms with Crippen LogP contribution >= 0.6 is 11.6 Å². The molecule has 0 aliphatic carbocycles. The zero-order chi connectivity index (χ0) is 20.2. The topological polar surface area (TPSA) is 37.9 Å². The maximum Gasteiger partial charge on any atom is 0.130 e. The van der Waals surface area contributed by atoms with E-state index in [2.05, 4.69) is 40.3 Å². The molecule has 3 nitrogen and oxygen atoms in total. The van der Waals surface area contributed by atoms with Crippen molar-refractivity contribution in [2.24, 2.45) is 0 Å². The number of benzene rings is 3. The molecule has 0 atom stereocenters. The smallest absolute Gasteiger partial charge is 0.130 e. The molecule has 4 aromatic rings. The van der Waals surface area contributed by atoms with E-state index in [4.69, 9.17) is 16.3 Å². The average Bonchev–Trinajstić information content (AvgIpc) is 3.21. The van der Waals surface area contributed by atoms with E-state index in [0.717, 1.165) is 50.1 Å². The van der Waals surface area contributed by atoms with Gasteiger partial charge in [0.05, 0.1) is 24.0 Å². The maximum atomic E-state index is 6.36. The third kappa shape index (κ3) is 4.41. The van der Waals surface area contributed by atoms with Crippen molar-refractivity contribution in [1.29, 1.82) is 0 Å². The predicted molar refractivity (Wildman–Crippen MR) is 121 cm³/mol. The van der Waals surface area contributed by atoms with Crippen molar-refractivity contribution >= 4 is 23.8 Å². The molecule has 0 aliphatic rings. The van der Waals surface area contributed by atoms with Gasteiger partial charge in [0.1, 0.15) is 11.6 Å². The van der Waals surface area contributed by atoms with Gasteiger partial charge in [-0.1, -0.05) is 66.2 Å². The van der Waals surface area contributed by atoms with Crippen LogP contribution in [0, 0.1) is 6.92 Å². The number of halogens is 1. The van der Waals surface area contributed by atoms with E-state index in [1.165, 1.54) is 0 Å². The highest BCUT2D eigenvalue weighted by molar-refractivity contribution is 6.33. The zero-order valence-corrected chi connectivity index (χ0v) is 17.1. The number of nitrogens with one attached hydrogen (secondary N) is 1. The molecular formula is C25H21ClN2O. The van der Waals surface area contributed by atoms with Crippen molar-refractivity contribution in [2.45, 2.75) is 6.92 Å². The summed E-state index contributed by atoms with van der Waals surface area (Å²) in [5.41, 5.74) is 6.37. The second-order valence-electron chi connectivity index (χ2n) is 6.85. The third-order valence-electron chi connectivity index (χ3n) is 4.76. The van der Waals surface area contributed by atoms with Gasteiger partial charge < -0.3 is 9.72 Å². The lowest BCUT2D eigenvalue weighted by Crippen LogP contribution is -1.84. The number of rotatable bonds is 5. The fourth-order valence-electron chi connectivity index (χ4n) is 3.16. The lowest BCUT2D eigenvalue weighted by Gasteiger charge is -2.05. The summed E-state index contributed by atoms with van der Waals surface area (Å²) in [6, 6.07) is 22.5. The molecule has 0 unspecified atom stereocenters. The van der Waals surface area contributed by atoms with E-state index in [-0.39, 0.29) is 0 Å². The summed E-state index contributed by atoms with van der Waals surface area (Å²) in [6.45, 7) is 2.02. The minimum absolute atomic E-state index is 0.720. The molecule has 0 radical (unpaired) electrons. The van der Waals surface area contributed by atoms with Crippen LogP contribution in [0.1, 0.15) is 17.0 Å². The zero-order valence-electron chi connectivity index (χ0n) is 16.3. The second kappa shape index (κ2) is 8.38. The van der Waals surface area contributed by atoms with Crippen molar-refractivity contribution in [3.05, 3.63) is 94.9 Å². The SMILES string of the molecule is COc1cccc(-c2ccc(/C=C/c3ncc(-c4ccc(C)cc4Cl)[nH]3)cc2)c1. The second-order valence-corrected chi connectivity index (χ2v) is 7.26. The van der Waals surface area contributed by atoms with Crippen molar-refractivity contribution < 1.29 is 4.74 Å². The normalized spacial score (nSPS) is 11.1. The molecule has 4 heteroatoms. The number of ether oxygens (including phenoxy) is 1. The van der Waals surface area contributed by atoms with Gasteiger partial charge in [-0.3, -0.25) is 0 Å². The highest BCUT2D eigenvalue weighted by Gasteiger charge is 2.06. The molecule has 0 saturated heterocycles. The van der Waals surface area contributed by atoms with Gasteiger partial charge in [-0.25, -0.2) is 4.98 Å². The summed E-state index contributed by atoms with van der Waals surface area (Å²) in [5.74, 6) is 1.64. The Morgan fingerprint density at radius 3 is 2.52 bits per heavy atom. The number of aromatic amines is 1. The molecule has 144 valence electrons. The summed E-state index contributed by atoms with van der Waals surface area (Å²) in [4.78, 5) is 7.75. The molecule has 1 heterocycles. The molecule has 29 heavy (non-hydrogen) atoms. The number of imidazole rings is 1. The number of hydrogen-bond donors (Lipinski definition) is 1. The largest absolute Gasteiger partial charge is 0.497 e. The van der Waals surface area contributed by atoms with Crippen LogP contribution in [0.15, 0.2) is 72.9 Å². The van der Waals surface area contributed by atoms with Crippen LogP contribution < -0.4 is 4.74 Å². The first-order valence-corrected chi connectivity index (χ1v) is 9.74. The quantitative estimate of drug-likeness (QED) is 0.396. The van der Waals surface area contributed by atoms with Crippen molar-refractivity contribution in [3.63, 3.8) is 0 Å². The summed E-state index contributed by atoms with van der Waals surface area (Å²) >= 11 is 6.36. The van der Waals surface area contributed by atoms with Crippen LogP contribution in [0.25, 0.3) is 34.5 Å². The standard InChI is InChI=1S/C25H21ClN2O/c1-17-6-12-22(23(26)14-17)24-16-27-25(28-24)13-9-18-7-10-19(11-8-18)20-4-3-5-21(15-20)29-2/h3-16H,1-2H3,(H,27,28)/b13-9+. The highest BCUT2D eigenvalue weighted by Crippen LogP contribution is 2.28. The van der Waals surface area contributed by atoms with Crippen LogP contribution in [0.4, 0.5) is 0 Å². The van der Waals surface area contributed by atoms with Gasteiger partial charge in [-0.05, 0) is 53.5 Å². The Balaban J connectivity index is 1.50. The molecule has 1 N–H and O–H groups in total. The van der Waals surface area contributed by atoms with Crippen LogP contribution in [-0.4, -0.2) is 17.1 Å². The fraction of sp³-hybridized carbons (Fsp3) is 0.0800. The van der Waals surface area contributed by atoms with E-state index in [1.807, 2.05) is 61.7 Å². The molecule has 0 aliphatic heterocycles. The maximum absolute atomic E-state index is 6.36. The van der Waals surface area contributed by atoms with Crippen LogP contribution in [0.3, 0.4) is 0 Å². The Hall–Kier alpha value is -3.30. The first-order valence-electron chi connectivity index (χ1n) is 9.36. The monoisotopic (exact) mass is 400 g/mol. The summed E-state index contributed by atoms with van der Waals surface area (Å²) in [7, 11) is 1.68. The van der Waals surface area contributed by atoms with Crippen LogP contribution in [0.2, 0.25) is 5.02 Å². The molecule has 1 aromatic heterocycles. The van der Waals surface area contributed by atoms with Gasteiger partial charge in [0.15, 0.2) is 0 Å². The van der Waals surface area contributed by atoms with E-state index in [0.29, 0.717) is 0 Å². The van der Waals surface area contributed by atoms with Gasteiger partial charge >= 0.3 is 0 Å². The van der Waals surface area contributed by atoms with Crippen molar-refractivity contribution in [1.82, 2.24) is 9.97 Å². The van der Waals surface area contributed by atoms with Gasteiger partial charge in [0.2, 0.25) is 0 Å². The number of hydrogen-bond acceptors (Lipinski definition) is 2. The number of aromatic nitrogens is 2. The molecule has 0 fully saturated rings. The van der Waals surface area contributed by atoms with Crippen LogP contribution in [0.5, 0.6) is 5.75 Å². The van der Waals surface area contributed by atoms with Crippen molar-refractivity contribution in [2.75, 3.05) is 7.11 Å². The van der Waals surface area contributed by atoms with Gasteiger partial charge in [0, 0.05) is 5.56 Å². The molecule has 0 bridgehead atoms. The first-order chi connectivity index (χ1) is 14.1. The molecule has 0 spiro atoms. The molecular weight excluding hydrogens is 380 g/mol. The van der Waals surface area contributed by atoms with E-state index in [1.54, 1.807) is 7.11 Å². The van der Waals surface area contributed by atoms with Gasteiger partial charge in [0.25, 0.3) is 0 Å². The Labute approximate surface area is 175 Å². The number of aryl methyl sites for hydroxylation is 1. The molecule has 3 aromatic carbocycles. The number of methoxy groups -OCH3 is 1. The summed E-state index contributed by atoms with van der Waals surface area (Å²) in [6.07, 6.45) is 5.81. The lowest BCUT2D eigenvalue weighted by molar-refractivity contribution is 0.415. The number of nitrogens with zero attached hydrogens (tertiary/aromatic N) is 1. The highest BCUT2D eigenvalue weighted by atomic mass is 35.5. The lowest BCUT2D eigenvalue weighted by atomic mass is 10.0. The van der Waals surface area contributed by atoms with E-state index >= 15 is 0 Å². The van der Waals surface area contributed by atoms with Crippen molar-refractivity contribution in [3.8, 4) is 28.1 Å². The van der Waals surface area contributed by atoms with E-state index < -0.39 is 0 Å². The third-order valence-corrected chi connectivity index (χ3v) is 5.07. The van der Waals surface area contributed by atoms with Gasteiger partial charge in [-0.2, -0.15) is 0 Å². The Kier molecular flexibility index (Phi) is 5.50. The number of H-pyrrole nitrogens is 1.